The largest absolute Gasteiger partial charge is 0.494 e. The number of carbonyl (C=O) groups is 10. The Bertz CT molecular complexity index is 7750. The van der Waals surface area contributed by atoms with Crippen molar-refractivity contribution in [3.63, 3.8) is 0 Å². The molecule has 0 unspecified atom stereocenters. The SMILES string of the molecule is C=CCC[C@H]1COc2cc(C(N)=O)cc3nc(NC(=O)c4cc(C)nn4CC4CC4)n1c23.C=CC[C@H]1COc2cc(C(N)=O)cc3nc(NC(=O)c4cc(C)nn4CCC)n1c23.CCn1nc(C)cc1C(=O)Cc1nc2cc(C(N)=O)cc(OC)c2n1CCC[C@H]1COc2cc(C(N)=O)cc3nc(NC(=O)c4cc(C)nn4CC)n1c23.CCn1nc(C)cc1C(=O)Nc1nc2cc(C(N)=O)cc3c2n1[C@@H](CCCO)CO3. The number of ketones is 1. The first kappa shape index (κ1) is 100. The van der Waals surface area contributed by atoms with Gasteiger partial charge in [-0.3, -0.25) is 97.2 Å². The van der Waals surface area contributed by atoms with Gasteiger partial charge in [0, 0.05) is 73.7 Å². The summed E-state index contributed by atoms with van der Waals surface area (Å²) < 4.78 is 47.7. The fraction of sp³-hybridized carbons (Fsp3) is 0.366. The number of carbonyl (C=O) groups excluding carboxylic acids is 10. The molecule has 5 aromatic carbocycles. The van der Waals surface area contributed by atoms with E-state index in [4.69, 9.17) is 62.3 Å². The molecule has 1 saturated carbocycles. The number of nitrogens with two attached hydrogens (primary N) is 5. The van der Waals surface area contributed by atoms with Crippen molar-refractivity contribution in [2.45, 2.75) is 196 Å². The second-order valence-corrected chi connectivity index (χ2v) is 36.5. The molecule has 0 radical (unpaired) electrons. The van der Waals surface area contributed by atoms with Gasteiger partial charge in [0.05, 0.1) is 93.8 Å². The number of methoxy groups -OCH3 is 1. The zero-order valence-corrected chi connectivity index (χ0v) is 82.6. The molecule has 9 amide bonds. The van der Waals surface area contributed by atoms with E-state index in [9.17, 15) is 53.1 Å². The lowest BCUT2D eigenvalue weighted by Crippen LogP contribution is -2.26. The Kier molecular flexibility index (Phi) is 29.0. The molecule has 4 aliphatic heterocycles. The van der Waals surface area contributed by atoms with Gasteiger partial charge < -0.3 is 75.7 Å². The van der Waals surface area contributed by atoms with Crippen LogP contribution in [-0.4, -0.2) is 201 Å². The van der Waals surface area contributed by atoms with Crippen molar-refractivity contribution < 1.29 is 76.7 Å². The molecule has 14 heterocycles. The van der Waals surface area contributed by atoms with Crippen LogP contribution in [0.3, 0.4) is 0 Å². The van der Waals surface area contributed by atoms with Gasteiger partial charge in [-0.1, -0.05) is 19.1 Å². The van der Waals surface area contributed by atoms with Crippen molar-refractivity contribution in [1.82, 2.24) is 96.7 Å². The summed E-state index contributed by atoms with van der Waals surface area (Å²) in [6, 6.07) is 24.2. The van der Waals surface area contributed by atoms with E-state index in [-0.39, 0.29) is 95.9 Å². The molecule has 15 N–H and O–H groups in total. The van der Waals surface area contributed by atoms with E-state index in [2.05, 4.69) is 74.9 Å². The van der Waals surface area contributed by atoms with Crippen LogP contribution in [0.2, 0.25) is 0 Å². The number of aromatic nitrogens is 20. The maximum Gasteiger partial charge on any atom is 0.276 e. The molecule has 1 fully saturated rings. The van der Waals surface area contributed by atoms with Gasteiger partial charge in [0.2, 0.25) is 53.3 Å². The minimum atomic E-state index is -0.631. The number of hydrogen-bond acceptors (Lipinski definition) is 26. The first-order valence-electron chi connectivity index (χ1n) is 48.3. The van der Waals surface area contributed by atoms with Gasteiger partial charge in [0.25, 0.3) is 23.6 Å². The van der Waals surface area contributed by atoms with Gasteiger partial charge in [-0.2, -0.15) is 25.5 Å². The number of Topliss-reactive ketones (excluding diaryl/α,β-unsaturated/α-hetero) is 1. The Labute approximate surface area is 835 Å². The first-order chi connectivity index (χ1) is 70.2. The van der Waals surface area contributed by atoms with Crippen LogP contribution in [-0.2, 0) is 45.7 Å². The number of aryl methyl sites for hydroxylation is 10. The summed E-state index contributed by atoms with van der Waals surface area (Å²) in [5.74, 6) is 0.500. The van der Waals surface area contributed by atoms with Crippen LogP contribution >= 0.6 is 0 Å². The van der Waals surface area contributed by atoms with Crippen LogP contribution in [0.4, 0.5) is 23.8 Å². The van der Waals surface area contributed by atoms with Crippen LogP contribution in [0, 0.1) is 40.5 Å². The van der Waals surface area contributed by atoms with E-state index in [1.54, 1.807) is 120 Å². The summed E-state index contributed by atoms with van der Waals surface area (Å²) in [4.78, 5) is 149. The van der Waals surface area contributed by atoms with E-state index in [1.807, 2.05) is 91.2 Å². The van der Waals surface area contributed by atoms with Crippen LogP contribution in [0.1, 0.15) is 255 Å². The summed E-state index contributed by atoms with van der Waals surface area (Å²) in [6.07, 6.45) is 11.4. The Morgan fingerprint density at radius 1 is 0.411 bits per heavy atom. The third kappa shape index (κ3) is 20.4. The summed E-state index contributed by atoms with van der Waals surface area (Å²) in [5.41, 5.74) is 40.9. The van der Waals surface area contributed by atoms with Gasteiger partial charge in [0.15, 0.2) is 5.78 Å². The molecule has 15 aromatic rings. The topological polar surface area (TPSA) is 593 Å². The monoisotopic (exact) mass is 1990 g/mol. The number of benzene rings is 5. The standard InChI is InChI=1S/C37H41N11O6.C23H26N6O3.C21H24N6O3.C20H24N6O4/c1-6-46-26(11-19(3)43-46)28(49)17-31-40-24-13-21(34(38)50)15-29(53-5)32(24)45(31)10-8-9-23-18-54-30-16-22(35(39)51)14-25-33(30)48(23)37(41-25)42-36(52)27-12-20(4)44-47(27)7-2;1-3-4-5-16-12-32-19-10-15(21(24)30)9-17-20(19)29(16)23(25-17)26-22(31)18-8-13(2)27-28(18)11-14-6-7-14;1-4-6-14-11-30-17-10-13(19(22)28)9-15-18(17)27(14)21(23-15)24-20(29)16-8-12(3)25-26(16)7-5-2;1-3-25-15(7-11(2)24-25)19(29)23-20-22-14-8-12(18(21)28)9-16-17(14)26(20)13(10-30-16)5-4-6-27/h11-16,23H,6-10,17-18H2,1-5H3,(H2,38,50)(H2,39,51)(H,41,42,52);3,8-10,14,16H,1,4-7,11-12H2,2H3,(H2,24,30)(H,25,26,31);4,8-10,14H,1,5-7,11H2,2-3H3,(H2,22,28)(H,23,24,29);7-9,13,27H,3-6,10H2,1-2H3,(H2,21,28)(H,22,23,29)/t23-;16-;14-;13-/m0000/s1. The number of hydrogen-bond donors (Lipinski definition) is 10. The third-order valence-electron chi connectivity index (χ3n) is 25.9. The van der Waals surface area contributed by atoms with E-state index < -0.39 is 29.5 Å². The smallest absolute Gasteiger partial charge is 0.276 e. The Hall–Kier alpha value is -17.2. The highest BCUT2D eigenvalue weighted by molar-refractivity contribution is 6.09. The average molecular weight is 1990 g/mol. The fourth-order valence-corrected chi connectivity index (χ4v) is 19.0. The predicted molar refractivity (Wildman–Crippen MR) is 540 cm³/mol. The molecule has 146 heavy (non-hydrogen) atoms. The van der Waals surface area contributed by atoms with Gasteiger partial charge in [-0.15, -0.1) is 13.2 Å². The number of nitrogens with one attached hydrogen (secondary N) is 4. The minimum Gasteiger partial charge on any atom is -0.494 e. The molecule has 1 aliphatic carbocycles. The molecule has 4 atom stereocenters. The summed E-state index contributed by atoms with van der Waals surface area (Å²) in [5, 5.41) is 43.1. The number of rotatable bonds is 36. The summed E-state index contributed by atoms with van der Waals surface area (Å²) in [7, 11) is 1.50. The zero-order valence-electron chi connectivity index (χ0n) is 82.6. The molecular weight excluding hydrogens is 1880 g/mol. The lowest BCUT2D eigenvalue weighted by molar-refractivity contribution is 0.0973. The van der Waals surface area contributed by atoms with Crippen LogP contribution in [0.15, 0.2) is 116 Å². The number of ether oxygens (including phenoxy) is 5. The number of amides is 9. The third-order valence-corrected chi connectivity index (χ3v) is 25.9. The molecule has 760 valence electrons. The molecule has 45 nitrogen and oxygen atoms in total. The van der Waals surface area contributed by atoms with Crippen LogP contribution in [0.5, 0.6) is 28.7 Å². The van der Waals surface area contributed by atoms with Crippen molar-refractivity contribution >= 4 is 138 Å². The van der Waals surface area contributed by atoms with Crippen molar-refractivity contribution in [2.75, 3.05) is 61.4 Å². The van der Waals surface area contributed by atoms with Crippen molar-refractivity contribution in [3.05, 3.63) is 207 Å². The second-order valence-electron chi connectivity index (χ2n) is 36.5. The van der Waals surface area contributed by atoms with E-state index in [1.165, 1.54) is 20.0 Å². The molecular formula is C101H115N29O16. The Balaban J connectivity index is 0.000000138. The highest BCUT2D eigenvalue weighted by Gasteiger charge is 2.37. The predicted octanol–water partition coefficient (Wildman–Crippen LogP) is 11.4. The highest BCUT2D eigenvalue weighted by atomic mass is 16.5. The number of fused-ring (bicyclic) bond motifs is 1. The molecule has 0 saturated heterocycles. The normalized spacial score (nSPS) is 15.1. The maximum atomic E-state index is 13.7. The van der Waals surface area contributed by atoms with Crippen molar-refractivity contribution in [3.8, 4) is 28.7 Å². The summed E-state index contributed by atoms with van der Waals surface area (Å²) in [6.45, 7) is 29.4. The van der Waals surface area contributed by atoms with Crippen molar-refractivity contribution in [2.24, 2.45) is 34.6 Å². The fourth-order valence-electron chi connectivity index (χ4n) is 19.0. The van der Waals surface area contributed by atoms with Gasteiger partial charge in [0.1, 0.15) is 117 Å². The molecule has 10 aromatic heterocycles. The van der Waals surface area contributed by atoms with E-state index in [0.29, 0.717) is 238 Å². The number of allylic oxidation sites excluding steroid dienone is 2. The maximum absolute atomic E-state index is 13.7. The zero-order chi connectivity index (χ0) is 104. The number of primary amides is 5. The molecule has 0 spiro atoms. The minimum absolute atomic E-state index is 0.0247. The number of imidazole rings is 5. The van der Waals surface area contributed by atoms with E-state index >= 15 is 0 Å². The first-order valence-corrected chi connectivity index (χ1v) is 48.3. The quantitative estimate of drug-likeness (QED) is 0.0129. The van der Waals surface area contributed by atoms with Crippen molar-refractivity contribution in [1.29, 1.82) is 0 Å². The van der Waals surface area contributed by atoms with Crippen LogP contribution < -0.4 is 73.6 Å². The van der Waals surface area contributed by atoms with Crippen LogP contribution in [0.25, 0.3) is 55.2 Å². The highest BCUT2D eigenvalue weighted by Crippen LogP contribution is 2.45. The second kappa shape index (κ2) is 42.2. The van der Waals surface area contributed by atoms with Gasteiger partial charge in [-0.25, -0.2) is 24.9 Å². The number of nitrogens with zero attached hydrogens (tertiary/aromatic N) is 20. The molecule has 0 bridgehead atoms. The number of aliphatic hydroxyl groups is 1. The Morgan fingerprint density at radius 2 is 0.747 bits per heavy atom. The number of anilines is 4. The molecule has 45 heteroatoms. The van der Waals surface area contributed by atoms with Gasteiger partial charge >= 0.3 is 0 Å². The Morgan fingerprint density at radius 3 is 1.11 bits per heavy atom. The lowest BCUT2D eigenvalue weighted by atomic mass is 10.1. The summed E-state index contributed by atoms with van der Waals surface area (Å²) >= 11 is 0. The van der Waals surface area contributed by atoms with E-state index in [0.717, 1.165) is 54.1 Å². The lowest BCUT2D eigenvalue weighted by Gasteiger charge is -2.27. The molecule has 20 rings (SSSR count). The van der Waals surface area contributed by atoms with Gasteiger partial charge in [-0.05, 0) is 217 Å². The average Bonchev–Trinajstić information content (AvgIpc) is 1.60. The molecule has 5 aliphatic rings. The number of aliphatic hydroxyl groups excluding tert-OH is 1.